The van der Waals surface area contributed by atoms with Crippen molar-refractivity contribution < 1.29 is 18.7 Å². The van der Waals surface area contributed by atoms with Gasteiger partial charge in [0.25, 0.3) is 11.8 Å². The van der Waals surface area contributed by atoms with Crippen LogP contribution in [0.5, 0.6) is 5.75 Å². The lowest BCUT2D eigenvalue weighted by Crippen LogP contribution is -2.28. The fourth-order valence-corrected chi connectivity index (χ4v) is 2.70. The third-order valence-corrected chi connectivity index (χ3v) is 4.25. The molecule has 0 spiro atoms. The fourth-order valence-electron chi connectivity index (χ4n) is 2.70. The monoisotopic (exact) mass is 396 g/mol. The largest absolute Gasteiger partial charge is 0.484 e. The number of likely N-dealkylation sites (N-methyl/N-ethyl adjacent to an activating group) is 1. The number of hydrogen-bond acceptors (Lipinski definition) is 5. The highest BCUT2D eigenvalue weighted by atomic mass is 19.1. The molecule has 0 aliphatic heterocycles. The maximum Gasteiger partial charge on any atom is 0.258 e. The van der Waals surface area contributed by atoms with Gasteiger partial charge >= 0.3 is 0 Å². The predicted molar refractivity (Wildman–Crippen MR) is 108 cm³/mol. The van der Waals surface area contributed by atoms with Crippen molar-refractivity contribution in [3.8, 4) is 5.75 Å². The first-order valence-electron chi connectivity index (χ1n) is 9.12. The van der Waals surface area contributed by atoms with Crippen molar-refractivity contribution in [2.45, 2.75) is 20.8 Å². The molecule has 2 aromatic carbocycles. The molecule has 0 aliphatic rings. The summed E-state index contributed by atoms with van der Waals surface area (Å²) in [5, 5.41) is 5.35. The molecule has 0 radical (unpaired) electrons. The summed E-state index contributed by atoms with van der Waals surface area (Å²) >= 11 is 0. The number of anilines is 1. The van der Waals surface area contributed by atoms with Crippen molar-refractivity contribution in [1.82, 2.24) is 15.3 Å². The Morgan fingerprint density at radius 1 is 1.07 bits per heavy atom. The van der Waals surface area contributed by atoms with Gasteiger partial charge in [-0.1, -0.05) is 0 Å². The molecule has 2 N–H and O–H groups in total. The summed E-state index contributed by atoms with van der Waals surface area (Å²) in [4.78, 5) is 32.9. The van der Waals surface area contributed by atoms with E-state index in [-0.39, 0.29) is 18.1 Å². The molecule has 150 valence electrons. The molecule has 0 aliphatic carbocycles. The molecular weight excluding hydrogens is 375 g/mol. The maximum atomic E-state index is 14.0. The van der Waals surface area contributed by atoms with Crippen LogP contribution in [0.1, 0.15) is 28.7 Å². The number of aromatic nitrogens is 2. The van der Waals surface area contributed by atoms with E-state index < -0.39 is 11.7 Å². The van der Waals surface area contributed by atoms with Crippen LogP contribution in [0.3, 0.4) is 0 Å². The van der Waals surface area contributed by atoms with Crippen molar-refractivity contribution in [3.05, 3.63) is 59.2 Å². The Labute approximate surface area is 167 Å². The molecule has 1 heterocycles. The molecule has 0 unspecified atom stereocenters. The molecule has 0 saturated carbocycles. The number of nitrogens with zero attached hydrogens (tertiary/aromatic N) is 2. The van der Waals surface area contributed by atoms with E-state index in [1.54, 1.807) is 38.1 Å². The molecule has 3 aromatic rings. The van der Waals surface area contributed by atoms with Crippen LogP contribution < -0.4 is 15.4 Å². The molecule has 1 aromatic heterocycles. The summed E-state index contributed by atoms with van der Waals surface area (Å²) in [5.74, 6) is -0.783. The van der Waals surface area contributed by atoms with Crippen molar-refractivity contribution in [1.29, 1.82) is 0 Å². The van der Waals surface area contributed by atoms with E-state index in [0.29, 0.717) is 40.4 Å². The summed E-state index contributed by atoms with van der Waals surface area (Å²) in [6, 6.07) is 8.93. The zero-order valence-electron chi connectivity index (χ0n) is 16.4. The summed E-state index contributed by atoms with van der Waals surface area (Å²) in [7, 11) is 0. The summed E-state index contributed by atoms with van der Waals surface area (Å²) in [5.41, 5.74) is 2.62. The van der Waals surface area contributed by atoms with Gasteiger partial charge in [-0.25, -0.2) is 14.4 Å². The minimum absolute atomic E-state index is 0.0910. The van der Waals surface area contributed by atoms with Crippen LogP contribution in [0.4, 0.5) is 10.1 Å². The van der Waals surface area contributed by atoms with Gasteiger partial charge < -0.3 is 15.4 Å². The van der Waals surface area contributed by atoms with E-state index in [2.05, 4.69) is 20.6 Å². The normalized spacial score (nSPS) is 10.6. The van der Waals surface area contributed by atoms with Gasteiger partial charge in [-0.05, 0) is 51.1 Å². The van der Waals surface area contributed by atoms with Crippen LogP contribution in [-0.4, -0.2) is 34.9 Å². The first-order valence-corrected chi connectivity index (χ1v) is 9.12. The SMILES string of the molecule is CCNC(=O)COc1ccc(NC(=O)c2cc(F)cc3nc(C)c(C)nc23)cc1. The smallest absolute Gasteiger partial charge is 0.258 e. The lowest BCUT2D eigenvalue weighted by molar-refractivity contribution is -0.122. The molecular formula is C21H21FN4O3. The standard InChI is InChI=1S/C21H21FN4O3/c1-4-23-19(27)11-29-16-7-5-15(6-8-16)26-21(28)17-9-14(22)10-18-20(17)25-13(3)12(2)24-18/h5-10H,4,11H2,1-3H3,(H,23,27)(H,26,28). The van der Waals surface area contributed by atoms with Gasteiger partial charge in [0, 0.05) is 18.3 Å². The number of halogens is 1. The van der Waals surface area contributed by atoms with E-state index in [0.717, 1.165) is 6.07 Å². The zero-order chi connectivity index (χ0) is 21.0. The molecule has 0 saturated heterocycles. The number of benzene rings is 2. The average molecular weight is 396 g/mol. The third-order valence-electron chi connectivity index (χ3n) is 4.25. The maximum absolute atomic E-state index is 14.0. The van der Waals surface area contributed by atoms with Gasteiger partial charge in [0.1, 0.15) is 17.1 Å². The van der Waals surface area contributed by atoms with Gasteiger partial charge in [-0.3, -0.25) is 9.59 Å². The van der Waals surface area contributed by atoms with E-state index in [1.807, 2.05) is 6.92 Å². The van der Waals surface area contributed by atoms with E-state index >= 15 is 0 Å². The molecule has 7 nitrogen and oxygen atoms in total. The van der Waals surface area contributed by atoms with Crippen molar-refractivity contribution in [2.24, 2.45) is 0 Å². The van der Waals surface area contributed by atoms with Crippen molar-refractivity contribution >= 4 is 28.5 Å². The topological polar surface area (TPSA) is 93.2 Å². The van der Waals surface area contributed by atoms with Crippen LogP contribution in [0, 0.1) is 19.7 Å². The minimum Gasteiger partial charge on any atom is -0.484 e. The Hall–Kier alpha value is -3.55. The third kappa shape index (κ3) is 4.84. The lowest BCUT2D eigenvalue weighted by atomic mass is 10.1. The Balaban J connectivity index is 1.77. The van der Waals surface area contributed by atoms with Gasteiger partial charge in [-0.2, -0.15) is 0 Å². The number of fused-ring (bicyclic) bond motifs is 1. The second-order valence-electron chi connectivity index (χ2n) is 6.44. The van der Waals surface area contributed by atoms with Crippen LogP contribution in [0.2, 0.25) is 0 Å². The summed E-state index contributed by atoms with van der Waals surface area (Å²) in [6.07, 6.45) is 0. The number of amides is 2. The number of ether oxygens (including phenoxy) is 1. The Morgan fingerprint density at radius 2 is 1.76 bits per heavy atom. The van der Waals surface area contributed by atoms with E-state index in [1.165, 1.54) is 6.07 Å². The molecule has 3 rings (SSSR count). The quantitative estimate of drug-likeness (QED) is 0.668. The molecule has 29 heavy (non-hydrogen) atoms. The zero-order valence-corrected chi connectivity index (χ0v) is 16.4. The van der Waals surface area contributed by atoms with Gasteiger partial charge in [-0.15, -0.1) is 0 Å². The van der Waals surface area contributed by atoms with Crippen molar-refractivity contribution in [2.75, 3.05) is 18.5 Å². The average Bonchev–Trinajstić information content (AvgIpc) is 2.68. The number of rotatable bonds is 6. The molecule has 0 bridgehead atoms. The summed E-state index contributed by atoms with van der Waals surface area (Å²) < 4.78 is 19.4. The van der Waals surface area contributed by atoms with Crippen LogP contribution >= 0.6 is 0 Å². The number of carbonyl (C=O) groups is 2. The fraction of sp³-hybridized carbons (Fsp3) is 0.238. The van der Waals surface area contributed by atoms with E-state index in [9.17, 15) is 14.0 Å². The molecule has 0 fully saturated rings. The second-order valence-corrected chi connectivity index (χ2v) is 6.44. The van der Waals surface area contributed by atoms with Gasteiger partial charge in [0.2, 0.25) is 0 Å². The molecule has 2 amide bonds. The number of aryl methyl sites for hydroxylation is 2. The highest BCUT2D eigenvalue weighted by Gasteiger charge is 2.16. The lowest BCUT2D eigenvalue weighted by Gasteiger charge is -2.10. The first kappa shape index (κ1) is 20.2. The molecule has 8 heteroatoms. The Kier molecular flexibility index (Phi) is 6.01. The number of nitrogens with one attached hydrogen (secondary N) is 2. The van der Waals surface area contributed by atoms with Crippen LogP contribution in [0.25, 0.3) is 11.0 Å². The minimum atomic E-state index is -0.561. The van der Waals surface area contributed by atoms with Crippen molar-refractivity contribution in [3.63, 3.8) is 0 Å². The predicted octanol–water partition coefficient (Wildman–Crippen LogP) is 3.15. The molecule has 0 atom stereocenters. The second kappa shape index (κ2) is 8.64. The Morgan fingerprint density at radius 3 is 2.45 bits per heavy atom. The highest BCUT2D eigenvalue weighted by molar-refractivity contribution is 6.11. The van der Waals surface area contributed by atoms with Crippen LogP contribution in [0.15, 0.2) is 36.4 Å². The van der Waals surface area contributed by atoms with Gasteiger partial charge in [0.15, 0.2) is 6.61 Å². The number of carbonyl (C=O) groups excluding carboxylic acids is 2. The Bertz CT molecular complexity index is 1070. The highest BCUT2D eigenvalue weighted by Crippen LogP contribution is 2.21. The summed E-state index contributed by atoms with van der Waals surface area (Å²) in [6.45, 7) is 5.83. The first-order chi connectivity index (χ1) is 13.9. The van der Waals surface area contributed by atoms with E-state index in [4.69, 9.17) is 4.74 Å². The van der Waals surface area contributed by atoms with Gasteiger partial charge in [0.05, 0.1) is 22.5 Å². The van der Waals surface area contributed by atoms with Crippen LogP contribution in [-0.2, 0) is 4.79 Å². The number of hydrogen-bond donors (Lipinski definition) is 2.